The summed E-state index contributed by atoms with van der Waals surface area (Å²) in [6, 6.07) is 5.21. The fourth-order valence-electron chi connectivity index (χ4n) is 5.03. The Morgan fingerprint density at radius 1 is 1.19 bits per heavy atom. The second kappa shape index (κ2) is 10.8. The first-order valence-electron chi connectivity index (χ1n) is 12.7. The predicted molar refractivity (Wildman–Crippen MR) is 138 cm³/mol. The minimum atomic E-state index is -2.63. The number of alkyl halides is 2. The van der Waals surface area contributed by atoms with E-state index in [4.69, 9.17) is 16.3 Å². The summed E-state index contributed by atoms with van der Waals surface area (Å²) >= 11 is 6.80. The minimum Gasteiger partial charge on any atom is -0.490 e. The van der Waals surface area contributed by atoms with E-state index in [9.17, 15) is 18.4 Å². The van der Waals surface area contributed by atoms with Crippen LogP contribution in [0.1, 0.15) is 79.0 Å². The molecule has 9 heteroatoms. The molecule has 1 aromatic carbocycles. The lowest BCUT2D eigenvalue weighted by Crippen LogP contribution is -2.41. The normalized spacial score (nSPS) is 17.9. The van der Waals surface area contributed by atoms with E-state index in [0.29, 0.717) is 36.4 Å². The molecule has 0 bridgehead atoms. The van der Waals surface area contributed by atoms with E-state index in [-0.39, 0.29) is 47.7 Å². The van der Waals surface area contributed by atoms with Gasteiger partial charge in [0.1, 0.15) is 5.75 Å². The summed E-state index contributed by atoms with van der Waals surface area (Å²) in [7, 11) is 0. The van der Waals surface area contributed by atoms with E-state index in [0.717, 1.165) is 30.5 Å². The van der Waals surface area contributed by atoms with E-state index in [1.165, 1.54) is 0 Å². The molecule has 36 heavy (non-hydrogen) atoms. The summed E-state index contributed by atoms with van der Waals surface area (Å²) in [6.07, 6.45) is 3.45. The van der Waals surface area contributed by atoms with Crippen LogP contribution in [0.25, 0.3) is 0 Å². The highest BCUT2D eigenvalue weighted by molar-refractivity contribution is 6.36. The van der Waals surface area contributed by atoms with Gasteiger partial charge in [-0.1, -0.05) is 11.6 Å². The Morgan fingerprint density at radius 2 is 1.89 bits per heavy atom. The first-order valence-corrected chi connectivity index (χ1v) is 13.1. The molecule has 0 atom stereocenters. The van der Waals surface area contributed by atoms with Gasteiger partial charge >= 0.3 is 0 Å². The first-order chi connectivity index (χ1) is 17.1. The number of amides is 1. The third kappa shape index (κ3) is 5.85. The van der Waals surface area contributed by atoms with Crippen LogP contribution in [-0.4, -0.2) is 35.5 Å². The third-order valence-corrected chi connectivity index (χ3v) is 7.72. The van der Waals surface area contributed by atoms with Gasteiger partial charge in [-0.25, -0.2) is 8.78 Å². The number of aromatic amines is 1. The number of nitrogens with zero attached hydrogens (tertiary/aromatic N) is 1. The van der Waals surface area contributed by atoms with Gasteiger partial charge in [0.25, 0.3) is 11.5 Å². The zero-order valence-electron chi connectivity index (χ0n) is 21.1. The van der Waals surface area contributed by atoms with Crippen molar-refractivity contribution in [2.75, 3.05) is 11.4 Å². The fraction of sp³-hybridized carbons (Fsp3) is 0.556. The van der Waals surface area contributed by atoms with Crippen molar-refractivity contribution in [2.24, 2.45) is 0 Å². The maximum absolute atomic E-state index is 13.8. The van der Waals surface area contributed by atoms with E-state index in [1.807, 2.05) is 30.9 Å². The van der Waals surface area contributed by atoms with Crippen molar-refractivity contribution in [1.29, 1.82) is 0 Å². The van der Waals surface area contributed by atoms with Crippen molar-refractivity contribution in [3.8, 4) is 5.75 Å². The molecular formula is C27H34ClF2N3O3. The van der Waals surface area contributed by atoms with Crippen LogP contribution in [0.3, 0.4) is 0 Å². The van der Waals surface area contributed by atoms with Gasteiger partial charge in [-0.3, -0.25) is 9.59 Å². The van der Waals surface area contributed by atoms with Crippen LogP contribution in [0, 0.1) is 13.8 Å². The Hall–Kier alpha value is -2.61. The number of aryl methyl sites for hydroxylation is 2. The van der Waals surface area contributed by atoms with Crippen molar-refractivity contribution in [3.63, 3.8) is 0 Å². The molecule has 2 aliphatic rings. The van der Waals surface area contributed by atoms with Crippen molar-refractivity contribution in [1.82, 2.24) is 10.3 Å². The number of H-pyrrole nitrogens is 1. The van der Waals surface area contributed by atoms with Crippen LogP contribution in [-0.2, 0) is 6.54 Å². The molecule has 0 saturated heterocycles. The fourth-order valence-corrected chi connectivity index (χ4v) is 5.34. The maximum atomic E-state index is 13.8. The largest absolute Gasteiger partial charge is 0.490 e. The van der Waals surface area contributed by atoms with Gasteiger partial charge < -0.3 is 19.9 Å². The molecule has 2 fully saturated rings. The second-order valence-corrected chi connectivity index (χ2v) is 10.4. The lowest BCUT2D eigenvalue weighted by molar-refractivity contribution is -0.0380. The Morgan fingerprint density at radius 3 is 2.47 bits per heavy atom. The summed E-state index contributed by atoms with van der Waals surface area (Å²) in [5, 5.41) is 3.08. The van der Waals surface area contributed by atoms with Crippen molar-refractivity contribution in [3.05, 3.63) is 56.0 Å². The molecule has 2 N–H and O–H groups in total. The number of hydrogen-bond donors (Lipinski definition) is 2. The zero-order valence-corrected chi connectivity index (χ0v) is 21.8. The highest BCUT2D eigenvalue weighted by atomic mass is 35.5. The van der Waals surface area contributed by atoms with Crippen LogP contribution in [0.2, 0.25) is 5.02 Å². The highest BCUT2D eigenvalue weighted by Crippen LogP contribution is 2.41. The molecule has 6 nitrogen and oxygen atoms in total. The molecular weight excluding hydrogens is 488 g/mol. The van der Waals surface area contributed by atoms with Crippen molar-refractivity contribution in [2.45, 2.75) is 90.3 Å². The molecule has 1 heterocycles. The number of pyridine rings is 1. The third-order valence-electron chi connectivity index (χ3n) is 7.32. The molecule has 0 spiro atoms. The smallest absolute Gasteiger partial charge is 0.253 e. The molecule has 0 radical (unpaired) electrons. The average molecular weight is 522 g/mol. The quantitative estimate of drug-likeness (QED) is 0.453. The first kappa shape index (κ1) is 26.5. The van der Waals surface area contributed by atoms with Gasteiger partial charge in [0.15, 0.2) is 0 Å². The maximum Gasteiger partial charge on any atom is 0.253 e. The molecule has 0 aliphatic heterocycles. The molecule has 2 saturated carbocycles. The summed E-state index contributed by atoms with van der Waals surface area (Å²) in [5.74, 6) is -2.52. The standard InChI is InChI=1S/C27H34ClF2N3O3/c1-4-33(18-8-10-27(29,30)11-9-18)23-14-20(36-19-6-5-7-19)13-21(24(23)28)25(34)31-15-22-16(2)12-17(3)32-26(22)35/h12-14,18-19H,4-11,15H2,1-3H3,(H,31,34)(H,32,35). The van der Waals surface area contributed by atoms with Gasteiger partial charge in [-0.15, -0.1) is 0 Å². The van der Waals surface area contributed by atoms with E-state index >= 15 is 0 Å². The molecule has 1 amide bonds. The lowest BCUT2D eigenvalue weighted by atomic mass is 9.90. The second-order valence-electron chi connectivity index (χ2n) is 9.97. The van der Waals surface area contributed by atoms with Crippen molar-refractivity contribution < 1.29 is 18.3 Å². The number of benzene rings is 1. The van der Waals surface area contributed by atoms with E-state index in [1.54, 1.807) is 13.0 Å². The molecule has 4 rings (SSSR count). The molecule has 2 aromatic rings. The number of anilines is 1. The van der Waals surface area contributed by atoms with Gasteiger partial charge in [0.2, 0.25) is 5.92 Å². The molecule has 2 aliphatic carbocycles. The van der Waals surface area contributed by atoms with Crippen LogP contribution in [0.4, 0.5) is 14.5 Å². The Labute approximate surface area is 215 Å². The summed E-state index contributed by atoms with van der Waals surface area (Å²) in [4.78, 5) is 30.4. The summed E-state index contributed by atoms with van der Waals surface area (Å²) in [5.41, 5.74) is 2.63. The van der Waals surface area contributed by atoms with Crippen LogP contribution < -0.4 is 20.5 Å². The Balaban J connectivity index is 1.62. The van der Waals surface area contributed by atoms with Crippen LogP contribution in [0.15, 0.2) is 23.0 Å². The molecule has 1 aromatic heterocycles. The summed E-state index contributed by atoms with van der Waals surface area (Å²) in [6.45, 7) is 6.19. The van der Waals surface area contributed by atoms with Gasteiger partial charge in [-0.2, -0.15) is 0 Å². The SMILES string of the molecule is CCN(c1cc(OC2CCC2)cc(C(=O)NCc2c(C)cc(C)[nH]c2=O)c1Cl)C1CCC(F)(F)CC1. The monoisotopic (exact) mass is 521 g/mol. The molecule has 0 unspecified atom stereocenters. The number of rotatable bonds is 8. The van der Waals surface area contributed by atoms with Gasteiger partial charge in [0, 0.05) is 49.3 Å². The number of halogens is 3. The lowest BCUT2D eigenvalue weighted by Gasteiger charge is -2.38. The van der Waals surface area contributed by atoms with Crippen molar-refractivity contribution >= 4 is 23.2 Å². The number of hydrogen-bond acceptors (Lipinski definition) is 4. The zero-order chi connectivity index (χ0) is 26.0. The number of aromatic nitrogens is 1. The van der Waals surface area contributed by atoms with E-state index < -0.39 is 11.8 Å². The Kier molecular flexibility index (Phi) is 7.93. The number of carbonyl (C=O) groups excluding carboxylic acids is 1. The number of nitrogens with one attached hydrogen (secondary N) is 2. The average Bonchev–Trinajstić information content (AvgIpc) is 2.78. The summed E-state index contributed by atoms with van der Waals surface area (Å²) < 4.78 is 33.7. The predicted octanol–water partition coefficient (Wildman–Crippen LogP) is 5.91. The number of ether oxygens (including phenoxy) is 1. The number of carbonyl (C=O) groups is 1. The van der Waals surface area contributed by atoms with E-state index in [2.05, 4.69) is 10.3 Å². The van der Waals surface area contributed by atoms with Gasteiger partial charge in [0.05, 0.1) is 22.4 Å². The molecule has 196 valence electrons. The van der Waals surface area contributed by atoms with Crippen LogP contribution >= 0.6 is 11.6 Å². The highest BCUT2D eigenvalue weighted by Gasteiger charge is 2.37. The minimum absolute atomic E-state index is 0.0504. The Bertz CT molecular complexity index is 1170. The topological polar surface area (TPSA) is 74.4 Å². The van der Waals surface area contributed by atoms with Gasteiger partial charge in [-0.05, 0) is 70.6 Å². The van der Waals surface area contributed by atoms with Crippen LogP contribution in [0.5, 0.6) is 5.75 Å².